The van der Waals surface area contributed by atoms with Crippen LogP contribution in [0, 0.1) is 11.2 Å². The zero-order valence-electron chi connectivity index (χ0n) is 9.80. The summed E-state index contributed by atoms with van der Waals surface area (Å²) < 4.78 is 13.5. The fraction of sp³-hybridized carbons (Fsp3) is 0.333. The van der Waals surface area contributed by atoms with Gasteiger partial charge in [0, 0.05) is 4.47 Å². The number of thiocarbonyl (C=S) groups is 1. The quantitative estimate of drug-likeness (QED) is 0.804. The Morgan fingerprint density at radius 1 is 1.53 bits per heavy atom. The predicted molar refractivity (Wildman–Crippen MR) is 80.8 cm³/mol. The van der Waals surface area contributed by atoms with Gasteiger partial charge in [0.05, 0.1) is 21.1 Å². The Morgan fingerprint density at radius 2 is 2.16 bits per heavy atom. The normalized spacial score (nSPS) is 16.6. The van der Waals surface area contributed by atoms with Gasteiger partial charge in [0.15, 0.2) is 0 Å². The number of nitrogens with two attached hydrogens (primary N) is 1. The van der Waals surface area contributed by atoms with Crippen LogP contribution in [-0.2, 0) is 4.79 Å². The summed E-state index contributed by atoms with van der Waals surface area (Å²) in [6, 6.07) is 2.37. The van der Waals surface area contributed by atoms with Crippen molar-refractivity contribution in [2.45, 2.75) is 19.3 Å². The van der Waals surface area contributed by atoms with Gasteiger partial charge >= 0.3 is 0 Å². The molecule has 1 aromatic carbocycles. The number of nitrogens with one attached hydrogen (secondary N) is 1. The van der Waals surface area contributed by atoms with Gasteiger partial charge in [-0.2, -0.15) is 0 Å². The fourth-order valence-electron chi connectivity index (χ4n) is 2.01. The lowest BCUT2D eigenvalue weighted by Gasteiger charge is -2.39. The number of carbonyl (C=O) groups excluding carboxylic acids is 1. The first kappa shape index (κ1) is 14.7. The first-order valence-electron chi connectivity index (χ1n) is 5.63. The molecule has 1 aliphatic carbocycles. The maximum atomic E-state index is 13.1. The third kappa shape index (κ3) is 2.61. The van der Waals surface area contributed by atoms with Crippen molar-refractivity contribution in [2.75, 3.05) is 5.32 Å². The van der Waals surface area contributed by atoms with Crippen LogP contribution in [0.4, 0.5) is 10.1 Å². The van der Waals surface area contributed by atoms with Crippen LogP contribution in [0.1, 0.15) is 19.3 Å². The summed E-state index contributed by atoms with van der Waals surface area (Å²) >= 11 is 14.1. The van der Waals surface area contributed by atoms with E-state index in [4.69, 9.17) is 29.6 Å². The third-order valence-corrected chi connectivity index (χ3v) is 4.67. The van der Waals surface area contributed by atoms with Crippen molar-refractivity contribution in [3.05, 3.63) is 27.4 Å². The molecule has 0 unspecified atom stereocenters. The van der Waals surface area contributed by atoms with Crippen LogP contribution in [0.5, 0.6) is 0 Å². The van der Waals surface area contributed by atoms with E-state index >= 15 is 0 Å². The van der Waals surface area contributed by atoms with E-state index in [-0.39, 0.29) is 15.9 Å². The van der Waals surface area contributed by atoms with E-state index in [1.165, 1.54) is 6.07 Å². The summed E-state index contributed by atoms with van der Waals surface area (Å²) in [5.41, 5.74) is 5.18. The summed E-state index contributed by atoms with van der Waals surface area (Å²) in [4.78, 5) is 12.5. The Kier molecular flexibility index (Phi) is 4.13. The van der Waals surface area contributed by atoms with Gasteiger partial charge in [-0.3, -0.25) is 4.79 Å². The van der Waals surface area contributed by atoms with E-state index in [0.29, 0.717) is 23.0 Å². The van der Waals surface area contributed by atoms with Crippen molar-refractivity contribution < 1.29 is 9.18 Å². The van der Waals surface area contributed by atoms with E-state index in [1.807, 2.05) is 0 Å². The lowest BCUT2D eigenvalue weighted by molar-refractivity contribution is -0.125. The highest BCUT2D eigenvalue weighted by Crippen LogP contribution is 2.43. The highest BCUT2D eigenvalue weighted by molar-refractivity contribution is 9.10. The lowest BCUT2D eigenvalue weighted by atomic mass is 9.68. The second-order valence-electron chi connectivity index (χ2n) is 4.50. The summed E-state index contributed by atoms with van der Waals surface area (Å²) in [7, 11) is 0. The van der Waals surface area contributed by atoms with Crippen molar-refractivity contribution in [1.82, 2.24) is 0 Å². The van der Waals surface area contributed by atoms with Crippen molar-refractivity contribution in [3.63, 3.8) is 0 Å². The highest BCUT2D eigenvalue weighted by Gasteiger charge is 2.47. The van der Waals surface area contributed by atoms with Gasteiger partial charge in [-0.25, -0.2) is 4.39 Å². The molecule has 19 heavy (non-hydrogen) atoms. The number of rotatable bonds is 3. The van der Waals surface area contributed by atoms with Gasteiger partial charge in [-0.05, 0) is 40.9 Å². The van der Waals surface area contributed by atoms with Gasteiger partial charge in [0.25, 0.3) is 0 Å². The Balaban J connectivity index is 2.27. The minimum Gasteiger partial charge on any atom is -0.392 e. The van der Waals surface area contributed by atoms with Gasteiger partial charge < -0.3 is 11.1 Å². The van der Waals surface area contributed by atoms with Crippen molar-refractivity contribution in [1.29, 1.82) is 0 Å². The first-order valence-corrected chi connectivity index (χ1v) is 7.20. The molecule has 0 aliphatic heterocycles. The molecule has 3 N–H and O–H groups in total. The average Bonchev–Trinajstić information content (AvgIpc) is 2.20. The number of amides is 1. The molecule has 0 saturated heterocycles. The molecule has 3 nitrogen and oxygen atoms in total. The fourth-order valence-corrected chi connectivity index (χ4v) is 3.21. The van der Waals surface area contributed by atoms with Gasteiger partial charge in [-0.1, -0.05) is 30.2 Å². The number of halogens is 3. The van der Waals surface area contributed by atoms with Crippen LogP contribution in [0.15, 0.2) is 16.6 Å². The van der Waals surface area contributed by atoms with Crippen LogP contribution in [0.3, 0.4) is 0 Å². The van der Waals surface area contributed by atoms with E-state index in [0.717, 1.165) is 12.5 Å². The van der Waals surface area contributed by atoms with Crippen LogP contribution >= 0.6 is 39.7 Å². The van der Waals surface area contributed by atoms with E-state index in [9.17, 15) is 9.18 Å². The molecule has 0 heterocycles. The number of carbonyl (C=O) groups is 1. The predicted octanol–water partition coefficient (Wildman–Crippen LogP) is 3.64. The van der Waals surface area contributed by atoms with Gasteiger partial charge in [0.2, 0.25) is 5.91 Å². The Labute approximate surface area is 128 Å². The largest absolute Gasteiger partial charge is 0.392 e. The number of anilines is 1. The number of hydrogen-bond donors (Lipinski definition) is 2. The number of hydrogen-bond acceptors (Lipinski definition) is 2. The van der Waals surface area contributed by atoms with Gasteiger partial charge in [0.1, 0.15) is 5.82 Å². The minimum absolute atomic E-state index is 0.123. The molecule has 0 bridgehead atoms. The standard InChI is InChI=1S/C12H11BrClFN2OS/c13-7-4-6(15)5-8(14)9(7)17-11(18)12(10(16)19)2-1-3-12/h4-5H,1-3H2,(H2,16,19)(H,17,18). The molecular formula is C12H11BrClFN2OS. The average molecular weight is 366 g/mol. The van der Waals surface area contributed by atoms with Crippen molar-refractivity contribution >= 4 is 56.3 Å². The molecule has 7 heteroatoms. The summed E-state index contributed by atoms with van der Waals surface area (Å²) in [6.07, 6.45) is 2.16. The second-order valence-corrected chi connectivity index (χ2v) is 6.20. The summed E-state index contributed by atoms with van der Waals surface area (Å²) in [5, 5.41) is 2.80. The topological polar surface area (TPSA) is 55.1 Å². The van der Waals surface area contributed by atoms with Crippen LogP contribution in [0.2, 0.25) is 5.02 Å². The molecule has 1 aromatic rings. The molecule has 0 aromatic heterocycles. The molecule has 1 amide bonds. The SMILES string of the molecule is NC(=S)C1(C(=O)Nc2c(Cl)cc(F)cc2Br)CCC1. The maximum Gasteiger partial charge on any atom is 0.237 e. The minimum atomic E-state index is -0.799. The lowest BCUT2D eigenvalue weighted by Crippen LogP contribution is -2.50. The van der Waals surface area contributed by atoms with Crippen LogP contribution < -0.4 is 11.1 Å². The molecular weight excluding hydrogens is 355 g/mol. The highest BCUT2D eigenvalue weighted by atomic mass is 79.9. The Hall–Kier alpha value is -0.720. The monoisotopic (exact) mass is 364 g/mol. The molecule has 1 saturated carbocycles. The van der Waals surface area contributed by atoms with Crippen molar-refractivity contribution in [3.8, 4) is 0 Å². The maximum absolute atomic E-state index is 13.1. The van der Waals surface area contributed by atoms with Crippen LogP contribution in [0.25, 0.3) is 0 Å². The molecule has 0 atom stereocenters. The van der Waals surface area contributed by atoms with E-state index in [1.54, 1.807) is 0 Å². The first-order chi connectivity index (χ1) is 8.86. The molecule has 0 radical (unpaired) electrons. The zero-order valence-corrected chi connectivity index (χ0v) is 13.0. The van der Waals surface area contributed by atoms with E-state index < -0.39 is 11.2 Å². The van der Waals surface area contributed by atoms with Gasteiger partial charge in [-0.15, -0.1) is 0 Å². The molecule has 2 rings (SSSR count). The smallest absolute Gasteiger partial charge is 0.237 e. The summed E-state index contributed by atoms with van der Waals surface area (Å²) in [6.45, 7) is 0. The molecule has 0 spiro atoms. The van der Waals surface area contributed by atoms with Crippen LogP contribution in [-0.4, -0.2) is 10.9 Å². The Morgan fingerprint density at radius 3 is 2.58 bits per heavy atom. The van der Waals surface area contributed by atoms with E-state index in [2.05, 4.69) is 21.2 Å². The third-order valence-electron chi connectivity index (χ3n) is 3.36. The second kappa shape index (κ2) is 5.34. The Bertz CT molecular complexity index is 540. The molecule has 102 valence electrons. The summed E-state index contributed by atoms with van der Waals surface area (Å²) in [5.74, 6) is -0.775. The molecule has 1 aliphatic rings. The zero-order chi connectivity index (χ0) is 14.2. The van der Waals surface area contributed by atoms with Crippen molar-refractivity contribution in [2.24, 2.45) is 11.1 Å². The number of benzene rings is 1. The molecule has 1 fully saturated rings.